The van der Waals surface area contributed by atoms with Crippen molar-refractivity contribution in [2.75, 3.05) is 7.05 Å². The van der Waals surface area contributed by atoms with Gasteiger partial charge in [-0.05, 0) is 40.0 Å². The number of aryl methyl sites for hydroxylation is 1. The van der Waals surface area contributed by atoms with Crippen molar-refractivity contribution in [1.82, 2.24) is 9.29 Å². The second-order valence-corrected chi connectivity index (χ2v) is 7.49. The van der Waals surface area contributed by atoms with E-state index < -0.39 is 10.0 Å². The molecule has 0 saturated heterocycles. The van der Waals surface area contributed by atoms with Crippen molar-refractivity contribution >= 4 is 26.0 Å². The second kappa shape index (κ2) is 6.03. The molecule has 0 bridgehead atoms. The molecule has 0 aliphatic rings. The Hall–Kier alpha value is -1.24. The topological polar surface area (TPSA) is 50.3 Å². The van der Waals surface area contributed by atoms with Crippen LogP contribution in [-0.2, 0) is 16.6 Å². The number of benzene rings is 1. The van der Waals surface area contributed by atoms with Gasteiger partial charge in [0, 0.05) is 30.5 Å². The summed E-state index contributed by atoms with van der Waals surface area (Å²) >= 11 is 3.24. The Labute approximate surface area is 127 Å². The van der Waals surface area contributed by atoms with Gasteiger partial charge in [-0.1, -0.05) is 24.3 Å². The van der Waals surface area contributed by atoms with E-state index in [1.54, 1.807) is 19.3 Å². The first-order valence-electron chi connectivity index (χ1n) is 6.02. The molecule has 0 unspecified atom stereocenters. The van der Waals surface area contributed by atoms with E-state index in [9.17, 15) is 8.42 Å². The first kappa shape index (κ1) is 15.2. The minimum atomic E-state index is -3.54. The molecule has 0 aliphatic carbocycles. The van der Waals surface area contributed by atoms with E-state index in [2.05, 4.69) is 20.9 Å². The number of rotatable bonds is 4. The monoisotopic (exact) mass is 354 g/mol. The molecular weight excluding hydrogens is 340 g/mol. The number of pyridine rings is 1. The second-order valence-electron chi connectivity index (χ2n) is 4.53. The SMILES string of the molecule is Cc1ccccc1CN(C)S(=O)(=O)c1cncc(Br)c1. The van der Waals surface area contributed by atoms with Gasteiger partial charge in [-0.25, -0.2) is 8.42 Å². The fraction of sp³-hybridized carbons (Fsp3) is 0.214. The van der Waals surface area contributed by atoms with Crippen molar-refractivity contribution in [3.05, 3.63) is 58.3 Å². The Morgan fingerprint density at radius 2 is 1.95 bits per heavy atom. The fourth-order valence-electron chi connectivity index (χ4n) is 1.83. The van der Waals surface area contributed by atoms with E-state index in [0.717, 1.165) is 11.1 Å². The van der Waals surface area contributed by atoms with E-state index in [0.29, 0.717) is 11.0 Å². The molecule has 2 aromatic rings. The summed E-state index contributed by atoms with van der Waals surface area (Å²) in [5.74, 6) is 0. The molecule has 0 N–H and O–H groups in total. The average Bonchev–Trinajstić information content (AvgIpc) is 2.41. The van der Waals surface area contributed by atoms with Crippen LogP contribution in [0.5, 0.6) is 0 Å². The van der Waals surface area contributed by atoms with Crippen molar-refractivity contribution in [2.24, 2.45) is 0 Å². The predicted octanol–water partition coefficient (Wildman–Crippen LogP) is 2.97. The number of aromatic nitrogens is 1. The molecular formula is C14H15BrN2O2S. The van der Waals surface area contributed by atoms with Crippen molar-refractivity contribution < 1.29 is 8.42 Å². The van der Waals surface area contributed by atoms with Crippen LogP contribution < -0.4 is 0 Å². The third-order valence-corrected chi connectivity index (χ3v) is 5.24. The van der Waals surface area contributed by atoms with Crippen molar-refractivity contribution in [3.63, 3.8) is 0 Å². The Morgan fingerprint density at radius 1 is 1.25 bits per heavy atom. The molecule has 4 nitrogen and oxygen atoms in total. The maximum atomic E-state index is 12.5. The highest BCUT2D eigenvalue weighted by molar-refractivity contribution is 9.10. The van der Waals surface area contributed by atoms with Crippen LogP contribution in [0.1, 0.15) is 11.1 Å². The number of nitrogens with zero attached hydrogens (tertiary/aromatic N) is 2. The zero-order valence-electron chi connectivity index (χ0n) is 11.2. The summed E-state index contributed by atoms with van der Waals surface area (Å²) in [5.41, 5.74) is 2.06. The molecule has 0 aliphatic heterocycles. The first-order chi connectivity index (χ1) is 9.41. The summed E-state index contributed by atoms with van der Waals surface area (Å²) in [6.07, 6.45) is 2.91. The molecule has 6 heteroatoms. The van der Waals surface area contributed by atoms with Crippen LogP contribution in [0.2, 0.25) is 0 Å². The molecule has 1 aromatic heterocycles. The molecule has 20 heavy (non-hydrogen) atoms. The Kier molecular flexibility index (Phi) is 4.57. The highest BCUT2D eigenvalue weighted by atomic mass is 79.9. The Bertz CT molecular complexity index is 717. The lowest BCUT2D eigenvalue weighted by Crippen LogP contribution is -2.27. The maximum absolute atomic E-state index is 12.5. The molecule has 1 aromatic carbocycles. The minimum absolute atomic E-state index is 0.183. The molecule has 1 heterocycles. The van der Waals surface area contributed by atoms with Gasteiger partial charge in [-0.15, -0.1) is 0 Å². The summed E-state index contributed by atoms with van der Waals surface area (Å²) < 4.78 is 26.9. The summed E-state index contributed by atoms with van der Waals surface area (Å²) in [6.45, 7) is 2.30. The van der Waals surface area contributed by atoms with E-state index in [-0.39, 0.29) is 4.90 Å². The lowest BCUT2D eigenvalue weighted by molar-refractivity contribution is 0.465. The lowest BCUT2D eigenvalue weighted by Gasteiger charge is -2.18. The van der Waals surface area contributed by atoms with Crippen LogP contribution in [0.25, 0.3) is 0 Å². The predicted molar refractivity (Wildman–Crippen MR) is 81.8 cm³/mol. The molecule has 0 fully saturated rings. The number of hydrogen-bond donors (Lipinski definition) is 0. The van der Waals surface area contributed by atoms with Gasteiger partial charge >= 0.3 is 0 Å². The fourth-order valence-corrected chi connectivity index (χ4v) is 3.48. The summed E-state index contributed by atoms with van der Waals surface area (Å²) in [5, 5.41) is 0. The molecule has 0 radical (unpaired) electrons. The molecule has 106 valence electrons. The van der Waals surface area contributed by atoms with Crippen LogP contribution >= 0.6 is 15.9 Å². The van der Waals surface area contributed by atoms with Crippen molar-refractivity contribution in [2.45, 2.75) is 18.4 Å². The van der Waals surface area contributed by atoms with Gasteiger partial charge in [0.25, 0.3) is 0 Å². The van der Waals surface area contributed by atoms with Crippen LogP contribution in [0.3, 0.4) is 0 Å². The highest BCUT2D eigenvalue weighted by Crippen LogP contribution is 2.20. The van der Waals surface area contributed by atoms with Gasteiger partial charge in [0.05, 0.1) is 0 Å². The van der Waals surface area contributed by atoms with Gasteiger partial charge in [-0.2, -0.15) is 4.31 Å². The third-order valence-electron chi connectivity index (χ3n) is 3.04. The number of hydrogen-bond acceptors (Lipinski definition) is 3. The molecule has 0 spiro atoms. The van der Waals surface area contributed by atoms with Gasteiger partial charge < -0.3 is 0 Å². The minimum Gasteiger partial charge on any atom is -0.262 e. The maximum Gasteiger partial charge on any atom is 0.244 e. The van der Waals surface area contributed by atoms with E-state index in [1.165, 1.54) is 10.5 Å². The zero-order chi connectivity index (χ0) is 14.8. The van der Waals surface area contributed by atoms with Crippen molar-refractivity contribution in [1.29, 1.82) is 0 Å². The quantitative estimate of drug-likeness (QED) is 0.847. The molecule has 0 amide bonds. The highest BCUT2D eigenvalue weighted by Gasteiger charge is 2.21. The third kappa shape index (κ3) is 3.26. The van der Waals surface area contributed by atoms with Gasteiger partial charge in [0.1, 0.15) is 4.90 Å². The van der Waals surface area contributed by atoms with Gasteiger partial charge in [-0.3, -0.25) is 4.98 Å². The standard InChI is InChI=1S/C14H15BrN2O2S/c1-11-5-3-4-6-12(11)10-17(2)20(18,19)14-7-13(15)8-16-9-14/h3-9H,10H2,1-2H3. The van der Waals surface area contributed by atoms with Gasteiger partial charge in [0.15, 0.2) is 0 Å². The Morgan fingerprint density at radius 3 is 2.60 bits per heavy atom. The van der Waals surface area contributed by atoms with Crippen molar-refractivity contribution in [3.8, 4) is 0 Å². The first-order valence-corrected chi connectivity index (χ1v) is 8.26. The number of halogens is 1. The molecule has 2 rings (SSSR count). The molecule has 0 saturated carbocycles. The normalized spacial score (nSPS) is 11.8. The van der Waals surface area contributed by atoms with Crippen LogP contribution in [0.15, 0.2) is 52.1 Å². The summed E-state index contributed by atoms with van der Waals surface area (Å²) in [7, 11) is -1.96. The van der Waals surface area contributed by atoms with E-state index in [1.807, 2.05) is 31.2 Å². The zero-order valence-corrected chi connectivity index (χ0v) is 13.6. The number of sulfonamides is 1. The van der Waals surface area contributed by atoms with Crippen LogP contribution in [0, 0.1) is 6.92 Å². The van der Waals surface area contributed by atoms with Crippen LogP contribution in [-0.4, -0.2) is 24.8 Å². The van der Waals surface area contributed by atoms with E-state index >= 15 is 0 Å². The molecule has 0 atom stereocenters. The summed E-state index contributed by atoms with van der Waals surface area (Å²) in [6, 6.07) is 9.29. The van der Waals surface area contributed by atoms with Gasteiger partial charge in [0.2, 0.25) is 10.0 Å². The lowest BCUT2D eigenvalue weighted by atomic mass is 10.1. The Balaban J connectivity index is 2.29. The van der Waals surface area contributed by atoms with Crippen LogP contribution in [0.4, 0.5) is 0 Å². The smallest absolute Gasteiger partial charge is 0.244 e. The summed E-state index contributed by atoms with van der Waals surface area (Å²) in [4.78, 5) is 4.09. The largest absolute Gasteiger partial charge is 0.262 e. The average molecular weight is 355 g/mol. The van der Waals surface area contributed by atoms with E-state index in [4.69, 9.17) is 0 Å².